The molecule has 1 heterocycles. The van der Waals surface area contributed by atoms with Gasteiger partial charge in [-0.2, -0.15) is 5.10 Å². The Morgan fingerprint density at radius 1 is 1.21 bits per heavy atom. The Balaban J connectivity index is 2.02. The minimum Gasteiger partial charge on any atom is -0.397 e. The Hall–Kier alpha value is -1.83. The van der Waals surface area contributed by atoms with E-state index in [0.29, 0.717) is 5.69 Å². The third kappa shape index (κ3) is 2.35. The lowest BCUT2D eigenvalue weighted by molar-refractivity contribution is 0.627. The van der Waals surface area contributed by atoms with E-state index in [1.165, 1.54) is 12.1 Å². The molecule has 0 aliphatic heterocycles. The van der Waals surface area contributed by atoms with E-state index in [9.17, 15) is 4.39 Å². The van der Waals surface area contributed by atoms with Gasteiger partial charge in [-0.05, 0) is 52.9 Å². The second kappa shape index (κ2) is 4.69. The average molecular weight is 368 g/mol. The molecule has 3 aromatic rings. The summed E-state index contributed by atoms with van der Waals surface area (Å²) in [7, 11) is 0. The zero-order valence-electron chi connectivity index (χ0n) is 9.74. The maximum Gasteiger partial charge on any atom is 0.124 e. The number of nitrogens with two attached hydrogens (primary N) is 1. The summed E-state index contributed by atoms with van der Waals surface area (Å²) in [5, 5.41) is 11.0. The highest BCUT2D eigenvalue weighted by Gasteiger charge is 2.07. The van der Waals surface area contributed by atoms with E-state index >= 15 is 0 Å². The second-order valence-electron chi connectivity index (χ2n) is 4.15. The van der Waals surface area contributed by atoms with Gasteiger partial charge in [0.25, 0.3) is 0 Å². The maximum absolute atomic E-state index is 13.1. The number of anilines is 3. The van der Waals surface area contributed by atoms with Crippen molar-refractivity contribution in [2.45, 2.75) is 0 Å². The number of aromatic nitrogens is 2. The summed E-state index contributed by atoms with van der Waals surface area (Å²) >= 11 is 2.08. The van der Waals surface area contributed by atoms with Crippen molar-refractivity contribution in [3.8, 4) is 0 Å². The third-order valence-electron chi connectivity index (χ3n) is 2.81. The third-order valence-corrected chi connectivity index (χ3v) is 3.70. The molecule has 19 heavy (non-hydrogen) atoms. The van der Waals surface area contributed by atoms with E-state index in [0.717, 1.165) is 25.8 Å². The van der Waals surface area contributed by atoms with Gasteiger partial charge in [-0.15, -0.1) is 0 Å². The molecule has 0 bridgehead atoms. The second-order valence-corrected chi connectivity index (χ2v) is 5.31. The van der Waals surface area contributed by atoms with Crippen LogP contribution in [0.1, 0.15) is 0 Å². The van der Waals surface area contributed by atoms with Crippen LogP contribution in [0.5, 0.6) is 0 Å². The van der Waals surface area contributed by atoms with E-state index in [2.05, 4.69) is 38.1 Å². The van der Waals surface area contributed by atoms with Crippen molar-refractivity contribution in [1.29, 1.82) is 0 Å². The molecule has 0 fully saturated rings. The fraction of sp³-hybridized carbons (Fsp3) is 0. The number of halogens is 2. The number of H-pyrrole nitrogens is 1. The normalized spacial score (nSPS) is 10.8. The van der Waals surface area contributed by atoms with E-state index in [1.54, 1.807) is 12.3 Å². The summed E-state index contributed by atoms with van der Waals surface area (Å²) in [6, 6.07) is 8.30. The smallest absolute Gasteiger partial charge is 0.124 e. The first-order valence-corrected chi connectivity index (χ1v) is 6.66. The monoisotopic (exact) mass is 368 g/mol. The van der Waals surface area contributed by atoms with Gasteiger partial charge in [0.2, 0.25) is 0 Å². The zero-order chi connectivity index (χ0) is 13.4. The predicted molar refractivity (Wildman–Crippen MR) is 82.9 cm³/mol. The van der Waals surface area contributed by atoms with Crippen LogP contribution in [-0.4, -0.2) is 10.2 Å². The van der Waals surface area contributed by atoms with Crippen molar-refractivity contribution in [3.63, 3.8) is 0 Å². The molecule has 0 amide bonds. The summed E-state index contributed by atoms with van der Waals surface area (Å²) in [5.41, 5.74) is 9.09. The lowest BCUT2D eigenvalue weighted by atomic mass is 10.2. The summed E-state index contributed by atoms with van der Waals surface area (Å²) in [6.45, 7) is 0. The fourth-order valence-corrected chi connectivity index (χ4v) is 2.47. The Labute approximate surface area is 122 Å². The molecule has 2 aromatic carbocycles. The van der Waals surface area contributed by atoms with Crippen LogP contribution in [0.25, 0.3) is 10.9 Å². The molecule has 0 aliphatic rings. The Bertz CT molecular complexity index is 753. The van der Waals surface area contributed by atoms with Crippen LogP contribution >= 0.6 is 22.6 Å². The number of hydrogen-bond donors (Lipinski definition) is 3. The molecule has 96 valence electrons. The highest BCUT2D eigenvalue weighted by molar-refractivity contribution is 14.1. The molecule has 0 spiro atoms. The Kier molecular flexibility index (Phi) is 3.02. The molecule has 3 rings (SSSR count). The summed E-state index contributed by atoms with van der Waals surface area (Å²) in [6.07, 6.45) is 1.72. The zero-order valence-corrected chi connectivity index (χ0v) is 11.9. The quantitative estimate of drug-likeness (QED) is 0.478. The van der Waals surface area contributed by atoms with E-state index < -0.39 is 0 Å². The first-order chi connectivity index (χ1) is 9.13. The first-order valence-electron chi connectivity index (χ1n) is 5.58. The Morgan fingerprint density at radius 2 is 2.05 bits per heavy atom. The minimum absolute atomic E-state index is 0.257. The van der Waals surface area contributed by atoms with Gasteiger partial charge in [0.05, 0.1) is 28.8 Å². The lowest BCUT2D eigenvalue weighted by Gasteiger charge is -2.11. The van der Waals surface area contributed by atoms with Gasteiger partial charge in [-0.1, -0.05) is 0 Å². The largest absolute Gasteiger partial charge is 0.397 e. The van der Waals surface area contributed by atoms with Gasteiger partial charge in [-0.25, -0.2) is 4.39 Å². The molecule has 0 saturated carbocycles. The van der Waals surface area contributed by atoms with Crippen molar-refractivity contribution in [3.05, 3.63) is 45.9 Å². The summed E-state index contributed by atoms with van der Waals surface area (Å²) < 4.78 is 13.9. The molecule has 0 aliphatic carbocycles. The minimum atomic E-state index is -0.257. The van der Waals surface area contributed by atoms with Gasteiger partial charge in [0.15, 0.2) is 0 Å². The SMILES string of the molecule is Nc1cc2cn[nH]c2cc1Nc1ccc(F)cc1I. The van der Waals surface area contributed by atoms with E-state index in [-0.39, 0.29) is 5.82 Å². The van der Waals surface area contributed by atoms with Crippen molar-refractivity contribution in [2.24, 2.45) is 0 Å². The molecule has 4 nitrogen and oxygen atoms in total. The maximum atomic E-state index is 13.1. The molecule has 0 radical (unpaired) electrons. The van der Waals surface area contributed by atoms with E-state index in [4.69, 9.17) is 5.73 Å². The van der Waals surface area contributed by atoms with Crippen molar-refractivity contribution >= 4 is 50.6 Å². The molecule has 6 heteroatoms. The van der Waals surface area contributed by atoms with Crippen LogP contribution in [-0.2, 0) is 0 Å². The molecule has 0 atom stereocenters. The van der Waals surface area contributed by atoms with E-state index in [1.807, 2.05) is 12.1 Å². The first kappa shape index (κ1) is 12.2. The van der Waals surface area contributed by atoms with Crippen LogP contribution in [0.4, 0.5) is 21.5 Å². The standard InChI is InChI=1S/C13H10FIN4/c14-8-1-2-11(9(15)4-8)18-13-5-12-7(3-10(13)16)6-17-19-12/h1-6,18H,16H2,(H,17,19). The summed E-state index contributed by atoms with van der Waals surface area (Å²) in [5.74, 6) is -0.257. The van der Waals surface area contributed by atoms with Gasteiger partial charge >= 0.3 is 0 Å². The van der Waals surface area contributed by atoms with Gasteiger partial charge < -0.3 is 11.1 Å². The van der Waals surface area contributed by atoms with Gasteiger partial charge in [0.1, 0.15) is 5.82 Å². The fourth-order valence-electron chi connectivity index (χ4n) is 1.85. The highest BCUT2D eigenvalue weighted by atomic mass is 127. The number of nitrogen functional groups attached to an aromatic ring is 1. The number of benzene rings is 2. The molecule has 0 unspecified atom stereocenters. The van der Waals surface area contributed by atoms with Gasteiger partial charge in [0, 0.05) is 8.96 Å². The number of nitrogens with one attached hydrogen (secondary N) is 2. The number of aromatic amines is 1. The number of fused-ring (bicyclic) bond motifs is 1. The van der Waals surface area contributed by atoms with Crippen LogP contribution in [0.2, 0.25) is 0 Å². The topological polar surface area (TPSA) is 66.7 Å². The molecule has 4 N–H and O–H groups in total. The number of hydrogen-bond acceptors (Lipinski definition) is 3. The molecular formula is C13H10FIN4. The van der Waals surface area contributed by atoms with Crippen LogP contribution in [0, 0.1) is 9.39 Å². The Morgan fingerprint density at radius 3 is 2.84 bits per heavy atom. The lowest BCUT2D eigenvalue weighted by Crippen LogP contribution is -1.98. The molecule has 1 aromatic heterocycles. The van der Waals surface area contributed by atoms with Crippen LogP contribution in [0.15, 0.2) is 36.5 Å². The number of rotatable bonds is 2. The highest BCUT2D eigenvalue weighted by Crippen LogP contribution is 2.29. The van der Waals surface area contributed by atoms with Crippen molar-refractivity contribution < 1.29 is 4.39 Å². The van der Waals surface area contributed by atoms with Crippen molar-refractivity contribution in [1.82, 2.24) is 10.2 Å². The number of nitrogens with zero attached hydrogens (tertiary/aromatic N) is 1. The average Bonchev–Trinajstić information content (AvgIpc) is 2.80. The predicted octanol–water partition coefficient (Wildman–Crippen LogP) is 3.63. The van der Waals surface area contributed by atoms with Crippen molar-refractivity contribution in [2.75, 3.05) is 11.1 Å². The molecular weight excluding hydrogens is 358 g/mol. The van der Waals surface area contributed by atoms with Gasteiger partial charge in [-0.3, -0.25) is 5.10 Å². The van der Waals surface area contributed by atoms with Crippen LogP contribution in [0.3, 0.4) is 0 Å². The molecule has 0 saturated heterocycles. The summed E-state index contributed by atoms with van der Waals surface area (Å²) in [4.78, 5) is 0. The van der Waals surface area contributed by atoms with Crippen LogP contribution < -0.4 is 11.1 Å².